The first-order valence-electron chi connectivity index (χ1n) is 14.9. The molecule has 0 aromatic heterocycles. The van der Waals surface area contributed by atoms with E-state index in [0.717, 1.165) is 0 Å². The maximum atomic E-state index is 2.42. The first kappa shape index (κ1) is 24.8. The SMILES string of the molecule is CC1=Cc2ccc(/C=C/c3cc(-c4ccccc4)c4c(c3-c3ccccc3)-c3cccc5cccc-4c35)cc2C1(C)C. The molecule has 0 radical (unpaired) electrons. The second kappa shape index (κ2) is 9.29. The minimum atomic E-state index is 0.0624. The van der Waals surface area contributed by atoms with E-state index in [1.54, 1.807) is 0 Å². The predicted molar refractivity (Wildman–Crippen MR) is 181 cm³/mol. The highest BCUT2D eigenvalue weighted by molar-refractivity contribution is 6.22. The minimum Gasteiger partial charge on any atom is -0.0627 e. The quantitative estimate of drug-likeness (QED) is 0.196. The summed E-state index contributed by atoms with van der Waals surface area (Å²) in [5, 5.41) is 2.65. The van der Waals surface area contributed by atoms with Gasteiger partial charge in [-0.05, 0) is 90.5 Å². The smallest absolute Gasteiger partial charge is 0.0112 e. The van der Waals surface area contributed by atoms with Gasteiger partial charge in [0.15, 0.2) is 0 Å². The van der Waals surface area contributed by atoms with Crippen LogP contribution in [0, 0.1) is 0 Å². The van der Waals surface area contributed by atoms with Crippen LogP contribution in [0.1, 0.15) is 43.0 Å². The lowest BCUT2D eigenvalue weighted by Gasteiger charge is -2.22. The van der Waals surface area contributed by atoms with E-state index in [-0.39, 0.29) is 5.41 Å². The van der Waals surface area contributed by atoms with E-state index in [0.29, 0.717) is 0 Å². The topological polar surface area (TPSA) is 0 Å². The van der Waals surface area contributed by atoms with E-state index >= 15 is 0 Å². The average Bonchev–Trinajstić information content (AvgIpc) is 3.48. The van der Waals surface area contributed by atoms with Crippen molar-refractivity contribution in [3.8, 4) is 44.5 Å². The predicted octanol–water partition coefficient (Wildman–Crippen LogP) is 11.7. The lowest BCUT2D eigenvalue weighted by atomic mass is 9.81. The van der Waals surface area contributed by atoms with E-state index in [9.17, 15) is 0 Å². The van der Waals surface area contributed by atoms with Gasteiger partial charge in [-0.1, -0.05) is 153 Å². The van der Waals surface area contributed by atoms with Gasteiger partial charge in [0.2, 0.25) is 0 Å². The number of hydrogen-bond donors (Lipinski definition) is 0. The first-order chi connectivity index (χ1) is 20.5. The summed E-state index contributed by atoms with van der Waals surface area (Å²) < 4.78 is 0. The summed E-state index contributed by atoms with van der Waals surface area (Å²) >= 11 is 0. The van der Waals surface area contributed by atoms with Crippen molar-refractivity contribution >= 4 is 29.0 Å². The van der Waals surface area contributed by atoms with Gasteiger partial charge < -0.3 is 0 Å². The number of fused-ring (bicyclic) bond motifs is 4. The zero-order valence-electron chi connectivity index (χ0n) is 24.3. The lowest BCUT2D eigenvalue weighted by molar-refractivity contribution is 0.639. The second-order valence-corrected chi connectivity index (χ2v) is 12.2. The summed E-state index contributed by atoms with van der Waals surface area (Å²) in [4.78, 5) is 0. The Bertz CT molecular complexity index is 2080. The molecule has 6 aromatic carbocycles. The molecule has 0 fully saturated rings. The molecule has 200 valence electrons. The normalized spacial score (nSPS) is 14.3. The second-order valence-electron chi connectivity index (χ2n) is 12.2. The molecule has 0 heteroatoms. The van der Waals surface area contributed by atoms with Crippen molar-refractivity contribution in [2.75, 3.05) is 0 Å². The summed E-state index contributed by atoms with van der Waals surface area (Å²) in [6.07, 6.45) is 6.97. The van der Waals surface area contributed by atoms with Crippen molar-refractivity contribution in [3.05, 3.63) is 149 Å². The van der Waals surface area contributed by atoms with E-state index < -0.39 is 0 Å². The number of benzene rings is 6. The molecule has 0 aliphatic heterocycles. The van der Waals surface area contributed by atoms with Crippen LogP contribution in [0.25, 0.3) is 73.5 Å². The van der Waals surface area contributed by atoms with Gasteiger partial charge in [-0.25, -0.2) is 0 Å². The van der Waals surface area contributed by atoms with E-state index in [1.807, 2.05) is 0 Å². The molecular weight excluding hydrogens is 504 g/mol. The van der Waals surface area contributed by atoms with Gasteiger partial charge in [0, 0.05) is 5.41 Å². The molecule has 0 N–H and O–H groups in total. The summed E-state index contributed by atoms with van der Waals surface area (Å²) in [5.41, 5.74) is 17.1. The Morgan fingerprint density at radius 1 is 0.548 bits per heavy atom. The van der Waals surface area contributed by atoms with Gasteiger partial charge in [-0.2, -0.15) is 0 Å². The number of hydrogen-bond acceptors (Lipinski definition) is 0. The van der Waals surface area contributed by atoms with Crippen molar-refractivity contribution in [2.45, 2.75) is 26.2 Å². The standard InChI is InChI=1S/C42H32/c1-27-24-32-22-20-28(25-37(32)42(27,2)3)21-23-33-26-36(29-12-6-4-7-13-29)40-34-18-10-16-31-17-11-19-35(39(31)34)41(40)38(33)30-14-8-5-9-15-30/h4-26H,1-3H3/b23-21+. The zero-order valence-corrected chi connectivity index (χ0v) is 24.3. The van der Waals surface area contributed by atoms with Crippen molar-refractivity contribution in [2.24, 2.45) is 0 Å². The molecule has 0 saturated carbocycles. The third-order valence-electron chi connectivity index (χ3n) is 9.51. The van der Waals surface area contributed by atoms with Gasteiger partial charge in [0.25, 0.3) is 0 Å². The average molecular weight is 537 g/mol. The molecule has 8 rings (SSSR count). The van der Waals surface area contributed by atoms with E-state index in [2.05, 4.69) is 160 Å². The van der Waals surface area contributed by atoms with Crippen LogP contribution in [-0.2, 0) is 5.41 Å². The maximum Gasteiger partial charge on any atom is 0.0112 e. The van der Waals surface area contributed by atoms with Crippen LogP contribution in [0.2, 0.25) is 0 Å². The van der Waals surface area contributed by atoms with Crippen LogP contribution in [-0.4, -0.2) is 0 Å². The van der Waals surface area contributed by atoms with Crippen molar-refractivity contribution in [3.63, 3.8) is 0 Å². The highest BCUT2D eigenvalue weighted by atomic mass is 14.3. The summed E-state index contributed by atoms with van der Waals surface area (Å²) in [6, 6.07) is 44.6. The highest BCUT2D eigenvalue weighted by Crippen LogP contribution is 2.55. The molecular formula is C42H32. The van der Waals surface area contributed by atoms with Gasteiger partial charge in [0.1, 0.15) is 0 Å². The Hall–Kier alpha value is -4.94. The Morgan fingerprint density at radius 3 is 1.93 bits per heavy atom. The fourth-order valence-electron chi connectivity index (χ4n) is 7.06. The summed E-state index contributed by atoms with van der Waals surface area (Å²) in [7, 11) is 0. The fourth-order valence-corrected chi connectivity index (χ4v) is 7.06. The van der Waals surface area contributed by atoms with E-state index in [4.69, 9.17) is 0 Å². The molecule has 0 amide bonds. The Kier molecular flexibility index (Phi) is 5.49. The molecule has 0 saturated heterocycles. The van der Waals surface area contributed by atoms with Crippen LogP contribution < -0.4 is 0 Å². The molecule has 0 nitrogen and oxygen atoms in total. The van der Waals surface area contributed by atoms with Gasteiger partial charge in [-0.3, -0.25) is 0 Å². The minimum absolute atomic E-state index is 0.0624. The van der Waals surface area contributed by atoms with Gasteiger partial charge >= 0.3 is 0 Å². The van der Waals surface area contributed by atoms with Crippen molar-refractivity contribution in [1.29, 1.82) is 0 Å². The third-order valence-corrected chi connectivity index (χ3v) is 9.51. The highest BCUT2D eigenvalue weighted by Gasteiger charge is 2.31. The zero-order chi connectivity index (χ0) is 28.4. The number of rotatable bonds is 4. The first-order valence-corrected chi connectivity index (χ1v) is 14.9. The molecule has 0 spiro atoms. The lowest BCUT2D eigenvalue weighted by Crippen LogP contribution is -2.15. The molecule has 0 bridgehead atoms. The van der Waals surface area contributed by atoms with Crippen LogP contribution in [0.4, 0.5) is 0 Å². The van der Waals surface area contributed by atoms with Crippen molar-refractivity contribution in [1.82, 2.24) is 0 Å². The fraction of sp³-hybridized carbons (Fsp3) is 0.0952. The van der Waals surface area contributed by atoms with E-state index in [1.165, 1.54) is 83.1 Å². The molecule has 2 aliphatic rings. The summed E-state index contributed by atoms with van der Waals surface area (Å²) in [6.45, 7) is 6.91. The van der Waals surface area contributed by atoms with Crippen LogP contribution in [0.3, 0.4) is 0 Å². The molecule has 0 heterocycles. The van der Waals surface area contributed by atoms with Crippen LogP contribution in [0.15, 0.2) is 127 Å². The molecule has 42 heavy (non-hydrogen) atoms. The summed E-state index contributed by atoms with van der Waals surface area (Å²) in [5.74, 6) is 0. The van der Waals surface area contributed by atoms with Crippen LogP contribution >= 0.6 is 0 Å². The molecule has 2 aliphatic carbocycles. The Morgan fingerprint density at radius 2 is 1.21 bits per heavy atom. The third kappa shape index (κ3) is 3.68. The molecule has 0 atom stereocenters. The Labute approximate surface area is 248 Å². The molecule has 0 unspecified atom stereocenters. The molecule has 6 aromatic rings. The van der Waals surface area contributed by atoms with Crippen LogP contribution in [0.5, 0.6) is 0 Å². The maximum absolute atomic E-state index is 2.42. The van der Waals surface area contributed by atoms with Crippen molar-refractivity contribution < 1.29 is 0 Å². The Balaban J connectivity index is 1.41. The van der Waals surface area contributed by atoms with Gasteiger partial charge in [-0.15, -0.1) is 0 Å². The monoisotopic (exact) mass is 536 g/mol. The van der Waals surface area contributed by atoms with Gasteiger partial charge in [0.05, 0.1) is 0 Å². The largest absolute Gasteiger partial charge is 0.0627 e. The number of allylic oxidation sites excluding steroid dienone is 1.